The van der Waals surface area contributed by atoms with Gasteiger partial charge in [0.05, 0.1) is 0 Å². The van der Waals surface area contributed by atoms with Crippen molar-refractivity contribution in [2.45, 2.75) is 27.7 Å². The molecule has 5 nitrogen and oxygen atoms in total. The molecule has 0 atom stereocenters. The van der Waals surface area contributed by atoms with Gasteiger partial charge in [-0.3, -0.25) is 0 Å². The number of aliphatic hydroxyl groups excluding tert-OH is 2. The van der Waals surface area contributed by atoms with Gasteiger partial charge in [-0.05, 0) is 0 Å². The van der Waals surface area contributed by atoms with E-state index in [-0.39, 0.29) is 30.1 Å². The van der Waals surface area contributed by atoms with Gasteiger partial charge in [0.15, 0.2) is 0 Å². The van der Waals surface area contributed by atoms with Gasteiger partial charge in [-0.2, -0.15) is 0 Å². The normalized spacial score (nSPS) is 17.8. The molecule has 1 aliphatic heterocycles. The first-order chi connectivity index (χ1) is 8.21. The Morgan fingerprint density at radius 3 is 1.56 bits per heavy atom. The number of rotatable bonds is 6. The van der Waals surface area contributed by atoms with Gasteiger partial charge in [0.2, 0.25) is 0 Å². The molecule has 2 amide bonds. The summed E-state index contributed by atoms with van der Waals surface area (Å²) in [5, 5.41) is 18.5. The van der Waals surface area contributed by atoms with Crippen LogP contribution in [0.3, 0.4) is 0 Å². The first kappa shape index (κ1) is 15.2. The Bertz CT molecular complexity index is 275. The lowest BCUT2D eigenvalue weighted by molar-refractivity contribution is 0.106. The third-order valence-corrected chi connectivity index (χ3v) is 3.27. The van der Waals surface area contributed by atoms with Gasteiger partial charge < -0.3 is 20.0 Å². The summed E-state index contributed by atoms with van der Waals surface area (Å²) in [5.41, 5.74) is -0.531. The first-order valence-corrected chi connectivity index (χ1v) is 6.46. The van der Waals surface area contributed by atoms with Crippen molar-refractivity contribution in [1.29, 1.82) is 0 Å². The highest BCUT2D eigenvalue weighted by Crippen LogP contribution is 2.23. The van der Waals surface area contributed by atoms with Crippen LogP contribution >= 0.6 is 0 Å². The second-order valence-corrected chi connectivity index (χ2v) is 6.77. The van der Waals surface area contributed by atoms with Crippen LogP contribution in [-0.2, 0) is 0 Å². The lowest BCUT2D eigenvalue weighted by Crippen LogP contribution is -2.42. The summed E-state index contributed by atoms with van der Waals surface area (Å²) in [6.45, 7) is 10.4. The fraction of sp³-hybridized carbons (Fsp3) is 0.923. The Morgan fingerprint density at radius 2 is 1.28 bits per heavy atom. The lowest BCUT2D eigenvalue weighted by atomic mass is 9.94. The zero-order valence-electron chi connectivity index (χ0n) is 11.9. The van der Waals surface area contributed by atoms with E-state index in [9.17, 15) is 15.0 Å². The molecule has 5 heteroatoms. The Labute approximate surface area is 109 Å². The molecule has 1 aliphatic rings. The van der Waals surface area contributed by atoms with Crippen LogP contribution in [0.15, 0.2) is 0 Å². The largest absolute Gasteiger partial charge is 0.396 e. The van der Waals surface area contributed by atoms with Gasteiger partial charge in [-0.25, -0.2) is 4.79 Å². The van der Waals surface area contributed by atoms with E-state index < -0.39 is 0 Å². The van der Waals surface area contributed by atoms with Crippen molar-refractivity contribution in [1.82, 2.24) is 9.80 Å². The second kappa shape index (κ2) is 5.45. The maximum Gasteiger partial charge on any atom is 0.320 e. The number of nitrogens with zero attached hydrogens (tertiary/aromatic N) is 2. The van der Waals surface area contributed by atoms with E-state index in [1.54, 1.807) is 9.80 Å². The number of hydrogen-bond acceptors (Lipinski definition) is 3. The molecule has 18 heavy (non-hydrogen) atoms. The maximum atomic E-state index is 12.2. The average Bonchev–Trinajstić information content (AvgIpc) is 2.61. The van der Waals surface area contributed by atoms with Crippen LogP contribution in [0.1, 0.15) is 27.7 Å². The molecule has 0 radical (unpaired) electrons. The molecule has 1 rings (SSSR count). The van der Waals surface area contributed by atoms with Crippen LogP contribution < -0.4 is 0 Å². The number of hydrogen-bond donors (Lipinski definition) is 2. The van der Waals surface area contributed by atoms with Gasteiger partial charge in [-0.15, -0.1) is 0 Å². The van der Waals surface area contributed by atoms with Gasteiger partial charge in [-0.1, -0.05) is 27.7 Å². The molecule has 0 saturated carbocycles. The highest BCUT2D eigenvalue weighted by molar-refractivity contribution is 5.76. The van der Waals surface area contributed by atoms with Crippen molar-refractivity contribution in [3.63, 3.8) is 0 Å². The van der Waals surface area contributed by atoms with E-state index in [1.807, 2.05) is 27.7 Å². The number of amides is 2. The van der Waals surface area contributed by atoms with Crippen LogP contribution in [-0.4, -0.2) is 65.4 Å². The minimum Gasteiger partial charge on any atom is -0.396 e. The van der Waals surface area contributed by atoms with E-state index in [0.717, 1.165) is 0 Å². The zero-order chi connectivity index (χ0) is 14.0. The summed E-state index contributed by atoms with van der Waals surface area (Å²) in [7, 11) is 0. The molecular weight excluding hydrogens is 232 g/mol. The minimum atomic E-state index is -0.266. The van der Waals surface area contributed by atoms with E-state index in [4.69, 9.17) is 0 Å². The molecule has 0 aromatic rings. The molecule has 0 spiro atoms. The summed E-state index contributed by atoms with van der Waals surface area (Å²) < 4.78 is 0. The quantitative estimate of drug-likeness (QED) is 0.739. The van der Waals surface area contributed by atoms with Crippen molar-refractivity contribution in [3.05, 3.63) is 0 Å². The van der Waals surface area contributed by atoms with Gasteiger partial charge in [0, 0.05) is 50.2 Å². The van der Waals surface area contributed by atoms with Crippen LogP contribution in [0.25, 0.3) is 0 Å². The van der Waals surface area contributed by atoms with Crippen molar-refractivity contribution >= 4 is 6.03 Å². The molecule has 1 saturated heterocycles. The van der Waals surface area contributed by atoms with Gasteiger partial charge >= 0.3 is 6.03 Å². The smallest absolute Gasteiger partial charge is 0.320 e. The zero-order valence-corrected chi connectivity index (χ0v) is 11.9. The van der Waals surface area contributed by atoms with Crippen molar-refractivity contribution < 1.29 is 15.0 Å². The fourth-order valence-electron chi connectivity index (χ4n) is 2.06. The molecule has 1 fully saturated rings. The molecule has 0 bridgehead atoms. The Morgan fingerprint density at radius 1 is 0.944 bits per heavy atom. The number of carbonyl (C=O) groups excluding carboxylic acids is 1. The van der Waals surface area contributed by atoms with E-state index in [0.29, 0.717) is 26.2 Å². The summed E-state index contributed by atoms with van der Waals surface area (Å²) in [5.74, 6) is 0. The van der Waals surface area contributed by atoms with Gasteiger partial charge in [0.25, 0.3) is 0 Å². The monoisotopic (exact) mass is 258 g/mol. The lowest BCUT2D eigenvalue weighted by Gasteiger charge is -2.30. The Hall–Kier alpha value is -0.810. The number of carbonyl (C=O) groups is 1. The van der Waals surface area contributed by atoms with Crippen molar-refractivity contribution in [2.24, 2.45) is 10.8 Å². The summed E-state index contributed by atoms with van der Waals surface area (Å²) in [6, 6.07) is 0.0121. The van der Waals surface area contributed by atoms with Gasteiger partial charge in [0.1, 0.15) is 0 Å². The summed E-state index contributed by atoms with van der Waals surface area (Å²) in [6.07, 6.45) is 0. The second-order valence-electron chi connectivity index (χ2n) is 6.77. The topological polar surface area (TPSA) is 64.0 Å². The third-order valence-electron chi connectivity index (χ3n) is 3.27. The highest BCUT2D eigenvalue weighted by atomic mass is 16.3. The van der Waals surface area contributed by atoms with E-state index in [1.165, 1.54) is 0 Å². The van der Waals surface area contributed by atoms with Crippen LogP contribution in [0, 0.1) is 10.8 Å². The average molecular weight is 258 g/mol. The molecule has 1 heterocycles. The summed E-state index contributed by atoms with van der Waals surface area (Å²) >= 11 is 0. The Kier molecular flexibility index (Phi) is 4.61. The molecular formula is C13H26N2O3. The predicted molar refractivity (Wildman–Crippen MR) is 70.3 cm³/mol. The third kappa shape index (κ3) is 3.85. The maximum absolute atomic E-state index is 12.2. The SMILES string of the molecule is CC(C)(CO)CN1CCN(CC(C)(C)CO)C1=O. The number of aliphatic hydroxyl groups is 2. The van der Waals surface area contributed by atoms with E-state index >= 15 is 0 Å². The fourth-order valence-corrected chi connectivity index (χ4v) is 2.06. The first-order valence-electron chi connectivity index (χ1n) is 6.46. The molecule has 0 aromatic carbocycles. The van der Waals surface area contributed by atoms with E-state index in [2.05, 4.69) is 0 Å². The molecule has 0 unspecified atom stereocenters. The van der Waals surface area contributed by atoms with Crippen LogP contribution in [0.4, 0.5) is 4.79 Å². The number of urea groups is 1. The van der Waals surface area contributed by atoms with Crippen molar-refractivity contribution in [2.75, 3.05) is 39.4 Å². The molecule has 0 aliphatic carbocycles. The molecule has 2 N–H and O–H groups in total. The standard InChI is InChI=1S/C13H26N2O3/c1-12(2,9-16)7-14-5-6-15(11(14)18)8-13(3,4)10-17/h16-17H,5-10H2,1-4H3. The minimum absolute atomic E-state index is 0.0121. The highest BCUT2D eigenvalue weighted by Gasteiger charge is 2.35. The van der Waals surface area contributed by atoms with Crippen LogP contribution in [0.5, 0.6) is 0 Å². The Balaban J connectivity index is 2.57. The summed E-state index contributed by atoms with van der Waals surface area (Å²) in [4.78, 5) is 15.7. The molecule has 106 valence electrons. The molecule has 0 aromatic heterocycles. The predicted octanol–water partition coefficient (Wildman–Crippen LogP) is 0.761. The van der Waals surface area contributed by atoms with Crippen LogP contribution in [0.2, 0.25) is 0 Å². The van der Waals surface area contributed by atoms with Crippen molar-refractivity contribution in [3.8, 4) is 0 Å².